The summed E-state index contributed by atoms with van der Waals surface area (Å²) in [5.74, 6) is 0.177. The highest BCUT2D eigenvalue weighted by atomic mass is 35.5. The van der Waals surface area contributed by atoms with Gasteiger partial charge in [0.1, 0.15) is 11.0 Å². The number of methoxy groups -OCH3 is 1. The highest BCUT2D eigenvalue weighted by Gasteiger charge is 2.19. The number of hydrogen-bond acceptors (Lipinski definition) is 4. The van der Waals surface area contributed by atoms with E-state index in [1.807, 2.05) is 6.92 Å². The Labute approximate surface area is 110 Å². The van der Waals surface area contributed by atoms with Gasteiger partial charge in [-0.3, -0.25) is 4.40 Å². The van der Waals surface area contributed by atoms with Crippen LogP contribution in [0.3, 0.4) is 0 Å². The number of esters is 1. The van der Waals surface area contributed by atoms with Crippen LogP contribution in [-0.4, -0.2) is 28.5 Å². The first-order valence-electron chi connectivity index (χ1n) is 5.54. The van der Waals surface area contributed by atoms with Crippen molar-refractivity contribution in [1.29, 1.82) is 0 Å². The number of fused-ring (bicyclic) bond motifs is 1. The number of rotatable bonds is 3. The first kappa shape index (κ1) is 12.9. The van der Waals surface area contributed by atoms with E-state index in [1.54, 1.807) is 22.6 Å². The van der Waals surface area contributed by atoms with Crippen molar-refractivity contribution in [3.05, 3.63) is 34.9 Å². The van der Waals surface area contributed by atoms with Crippen LogP contribution in [0.25, 0.3) is 5.52 Å². The third kappa shape index (κ3) is 2.19. The first-order chi connectivity index (χ1) is 8.54. The quantitative estimate of drug-likeness (QED) is 0.678. The Morgan fingerprint density at radius 2 is 2.33 bits per heavy atom. The van der Waals surface area contributed by atoms with E-state index in [4.69, 9.17) is 22.1 Å². The van der Waals surface area contributed by atoms with Crippen LogP contribution in [0.2, 0.25) is 5.15 Å². The minimum absolute atomic E-state index is 0.0719. The van der Waals surface area contributed by atoms with Crippen molar-refractivity contribution in [2.45, 2.75) is 19.4 Å². The van der Waals surface area contributed by atoms with Crippen LogP contribution in [0.15, 0.2) is 18.2 Å². The predicted molar refractivity (Wildman–Crippen MR) is 68.9 cm³/mol. The van der Waals surface area contributed by atoms with E-state index in [9.17, 15) is 4.79 Å². The summed E-state index contributed by atoms with van der Waals surface area (Å²) in [5, 5.41) is 0.491. The molecule has 6 heteroatoms. The lowest BCUT2D eigenvalue weighted by molar-refractivity contribution is 0.0597. The summed E-state index contributed by atoms with van der Waals surface area (Å²) in [6, 6.07) is 5.21. The van der Waals surface area contributed by atoms with Crippen LogP contribution in [0.4, 0.5) is 0 Å². The number of imidazole rings is 1. The highest BCUT2D eigenvalue weighted by molar-refractivity contribution is 6.29. The van der Waals surface area contributed by atoms with Gasteiger partial charge in [0.05, 0.1) is 12.6 Å². The number of carbonyl (C=O) groups is 1. The maximum atomic E-state index is 11.7. The summed E-state index contributed by atoms with van der Waals surface area (Å²) < 4.78 is 6.43. The van der Waals surface area contributed by atoms with Crippen molar-refractivity contribution in [1.82, 2.24) is 9.38 Å². The molecule has 1 atom stereocenters. The second kappa shape index (κ2) is 4.96. The fourth-order valence-corrected chi connectivity index (χ4v) is 2.10. The van der Waals surface area contributed by atoms with Crippen molar-refractivity contribution < 1.29 is 9.53 Å². The second-order valence-electron chi connectivity index (χ2n) is 4.12. The summed E-state index contributed by atoms with van der Waals surface area (Å²) in [4.78, 5) is 16.0. The van der Waals surface area contributed by atoms with Crippen LogP contribution in [0, 0.1) is 0 Å². The van der Waals surface area contributed by atoms with Crippen molar-refractivity contribution in [3.63, 3.8) is 0 Å². The molecule has 0 bridgehead atoms. The maximum absolute atomic E-state index is 11.7. The summed E-state index contributed by atoms with van der Waals surface area (Å²) in [6.45, 7) is 1.87. The minimum Gasteiger partial charge on any atom is -0.464 e. The van der Waals surface area contributed by atoms with Crippen molar-refractivity contribution in [2.24, 2.45) is 5.73 Å². The average Bonchev–Trinajstić information content (AvgIpc) is 2.68. The van der Waals surface area contributed by atoms with E-state index in [0.29, 0.717) is 22.9 Å². The lowest BCUT2D eigenvalue weighted by Gasteiger charge is -2.05. The van der Waals surface area contributed by atoms with Gasteiger partial charge < -0.3 is 10.5 Å². The number of aromatic nitrogens is 2. The molecule has 0 aliphatic carbocycles. The number of hydrogen-bond donors (Lipinski definition) is 1. The predicted octanol–water partition coefficient (Wildman–Crippen LogP) is 1.66. The van der Waals surface area contributed by atoms with Gasteiger partial charge in [0.25, 0.3) is 0 Å². The molecule has 2 aromatic rings. The zero-order valence-corrected chi connectivity index (χ0v) is 10.9. The molecule has 0 aromatic carbocycles. The Balaban J connectivity index is 2.67. The van der Waals surface area contributed by atoms with E-state index in [0.717, 1.165) is 0 Å². The van der Waals surface area contributed by atoms with E-state index in [2.05, 4.69) is 4.98 Å². The van der Waals surface area contributed by atoms with Gasteiger partial charge in [0.2, 0.25) is 0 Å². The van der Waals surface area contributed by atoms with Gasteiger partial charge in [-0.1, -0.05) is 17.7 Å². The molecule has 0 spiro atoms. The molecule has 0 radical (unpaired) electrons. The van der Waals surface area contributed by atoms with E-state index < -0.39 is 5.97 Å². The molecule has 0 aliphatic heterocycles. The number of ether oxygens (including phenoxy) is 1. The number of nitrogens with zero attached hydrogens (tertiary/aromatic N) is 2. The third-order valence-corrected chi connectivity index (χ3v) is 2.86. The van der Waals surface area contributed by atoms with E-state index in [-0.39, 0.29) is 11.7 Å². The molecule has 0 saturated carbocycles. The molecule has 2 N–H and O–H groups in total. The zero-order valence-electron chi connectivity index (χ0n) is 10.2. The number of nitrogens with two attached hydrogens (primary N) is 1. The van der Waals surface area contributed by atoms with Gasteiger partial charge in [-0.2, -0.15) is 0 Å². The van der Waals surface area contributed by atoms with Crippen LogP contribution in [0.5, 0.6) is 0 Å². The Hall–Kier alpha value is -1.59. The largest absolute Gasteiger partial charge is 0.464 e. The third-order valence-electron chi connectivity index (χ3n) is 2.57. The van der Waals surface area contributed by atoms with Gasteiger partial charge in [-0.15, -0.1) is 0 Å². The molecular weight excluding hydrogens is 254 g/mol. The Kier molecular flexibility index (Phi) is 3.54. The summed E-state index contributed by atoms with van der Waals surface area (Å²) in [6.07, 6.45) is 0.530. The lowest BCUT2D eigenvalue weighted by Crippen LogP contribution is -2.19. The van der Waals surface area contributed by atoms with Crippen molar-refractivity contribution in [2.75, 3.05) is 7.11 Å². The highest BCUT2D eigenvalue weighted by Crippen LogP contribution is 2.20. The van der Waals surface area contributed by atoms with Gasteiger partial charge in [-0.05, 0) is 19.1 Å². The monoisotopic (exact) mass is 267 g/mol. The molecule has 1 unspecified atom stereocenters. The molecule has 0 saturated heterocycles. The molecule has 0 fully saturated rings. The second-order valence-corrected chi connectivity index (χ2v) is 4.51. The molecule has 18 heavy (non-hydrogen) atoms. The van der Waals surface area contributed by atoms with Crippen molar-refractivity contribution >= 4 is 23.1 Å². The normalized spacial score (nSPS) is 12.7. The van der Waals surface area contributed by atoms with Gasteiger partial charge >= 0.3 is 5.97 Å². The van der Waals surface area contributed by atoms with Crippen molar-refractivity contribution in [3.8, 4) is 0 Å². The molecule has 0 amide bonds. The van der Waals surface area contributed by atoms with Gasteiger partial charge in [0.15, 0.2) is 5.69 Å². The molecule has 96 valence electrons. The Bertz CT molecular complexity index is 592. The lowest BCUT2D eigenvalue weighted by atomic mass is 10.2. The number of pyridine rings is 1. The zero-order chi connectivity index (χ0) is 13.3. The van der Waals surface area contributed by atoms with E-state index >= 15 is 0 Å². The molecule has 0 aliphatic rings. The summed E-state index contributed by atoms with van der Waals surface area (Å²) >= 11 is 6.14. The minimum atomic E-state index is -0.481. The standard InChI is InChI=1S/C12H14ClN3O2/c1-7(14)6-10-15-11(12(17)18-2)8-4-3-5-9(13)16(8)10/h3-5,7H,6,14H2,1-2H3. The smallest absolute Gasteiger partial charge is 0.358 e. The summed E-state index contributed by atoms with van der Waals surface area (Å²) in [7, 11) is 1.32. The van der Waals surface area contributed by atoms with Gasteiger partial charge in [-0.25, -0.2) is 9.78 Å². The van der Waals surface area contributed by atoms with Crippen LogP contribution >= 0.6 is 11.6 Å². The number of carbonyl (C=O) groups excluding carboxylic acids is 1. The maximum Gasteiger partial charge on any atom is 0.358 e. The Morgan fingerprint density at radius 1 is 1.61 bits per heavy atom. The van der Waals surface area contributed by atoms with E-state index in [1.165, 1.54) is 7.11 Å². The fraction of sp³-hybridized carbons (Fsp3) is 0.333. The van der Waals surface area contributed by atoms with Gasteiger partial charge in [0, 0.05) is 12.5 Å². The van der Waals surface area contributed by atoms with Crippen LogP contribution in [-0.2, 0) is 11.2 Å². The fourth-order valence-electron chi connectivity index (χ4n) is 1.84. The molecular formula is C12H14ClN3O2. The SMILES string of the molecule is COC(=O)c1nc(CC(C)N)n2c(Cl)cccc12. The first-order valence-corrected chi connectivity index (χ1v) is 5.92. The summed E-state index contributed by atoms with van der Waals surface area (Å²) in [5.41, 5.74) is 6.66. The molecule has 2 heterocycles. The molecule has 5 nitrogen and oxygen atoms in total. The molecule has 2 aromatic heterocycles. The topological polar surface area (TPSA) is 69.6 Å². The average molecular weight is 268 g/mol. The Morgan fingerprint density at radius 3 is 2.94 bits per heavy atom. The number of halogens is 1. The molecule has 2 rings (SSSR count). The van der Waals surface area contributed by atoms with Crippen LogP contribution in [0.1, 0.15) is 23.2 Å². The van der Waals surface area contributed by atoms with Crippen LogP contribution < -0.4 is 5.73 Å².